The molecule has 0 spiro atoms. The molecule has 2 rings (SSSR count). The summed E-state index contributed by atoms with van der Waals surface area (Å²) in [5, 5.41) is 9.26. The van der Waals surface area contributed by atoms with Gasteiger partial charge >= 0.3 is 0 Å². The predicted molar refractivity (Wildman–Crippen MR) is 87.7 cm³/mol. The lowest BCUT2D eigenvalue weighted by atomic mass is 10.2. The number of carbonyl (C=O) groups is 1. The van der Waals surface area contributed by atoms with E-state index in [0.717, 1.165) is 13.7 Å². The van der Waals surface area contributed by atoms with E-state index in [4.69, 9.17) is 0 Å². The minimum absolute atomic E-state index is 0.0867. The van der Waals surface area contributed by atoms with Gasteiger partial charge in [-0.25, -0.2) is 0 Å². The highest BCUT2D eigenvalue weighted by molar-refractivity contribution is 14.1. The third-order valence-electron chi connectivity index (χ3n) is 2.70. The van der Waals surface area contributed by atoms with Crippen molar-refractivity contribution in [3.8, 4) is 5.75 Å². The Morgan fingerprint density at radius 1 is 1.21 bits per heavy atom. The molecule has 0 aromatic heterocycles. The van der Waals surface area contributed by atoms with Gasteiger partial charge in [-0.2, -0.15) is 0 Å². The van der Waals surface area contributed by atoms with Gasteiger partial charge in [0, 0.05) is 20.8 Å². The summed E-state index contributed by atoms with van der Waals surface area (Å²) in [6.45, 7) is 0. The second kappa shape index (κ2) is 5.92. The lowest BCUT2D eigenvalue weighted by Gasteiger charge is -2.18. The number of nitrogens with zero attached hydrogens (tertiary/aromatic N) is 1. The molecule has 0 aliphatic heterocycles. The highest BCUT2D eigenvalue weighted by atomic mass is 127. The Morgan fingerprint density at radius 2 is 1.84 bits per heavy atom. The number of benzene rings is 2. The second-order valence-corrected chi connectivity index (χ2v) is 6.08. The molecule has 0 saturated carbocycles. The number of aromatic hydroxyl groups is 1. The summed E-state index contributed by atoms with van der Waals surface area (Å²) in [5.74, 6) is 0.0954. The highest BCUT2D eigenvalue weighted by Gasteiger charge is 2.16. The SMILES string of the molecule is CN(C(=O)c1cc(Br)ccc1I)c1ccc(O)cc1. The van der Waals surface area contributed by atoms with Crippen molar-refractivity contribution in [1.29, 1.82) is 0 Å². The zero-order chi connectivity index (χ0) is 14.0. The van der Waals surface area contributed by atoms with Crippen LogP contribution in [0, 0.1) is 3.57 Å². The molecular weight excluding hydrogens is 421 g/mol. The van der Waals surface area contributed by atoms with Crippen LogP contribution in [0.2, 0.25) is 0 Å². The fraction of sp³-hybridized carbons (Fsp3) is 0.0714. The number of anilines is 1. The number of phenols is 1. The van der Waals surface area contributed by atoms with Gasteiger partial charge in [0.15, 0.2) is 0 Å². The molecule has 0 radical (unpaired) electrons. The van der Waals surface area contributed by atoms with Crippen molar-refractivity contribution in [2.24, 2.45) is 0 Å². The van der Waals surface area contributed by atoms with E-state index >= 15 is 0 Å². The molecule has 3 nitrogen and oxygen atoms in total. The van der Waals surface area contributed by atoms with Crippen molar-refractivity contribution in [2.75, 3.05) is 11.9 Å². The van der Waals surface area contributed by atoms with Crippen molar-refractivity contribution in [2.45, 2.75) is 0 Å². The Labute approximate surface area is 133 Å². The van der Waals surface area contributed by atoms with Gasteiger partial charge in [-0.1, -0.05) is 15.9 Å². The van der Waals surface area contributed by atoms with Crippen LogP contribution in [0.4, 0.5) is 5.69 Å². The van der Waals surface area contributed by atoms with Gasteiger partial charge in [0.2, 0.25) is 0 Å². The van der Waals surface area contributed by atoms with Gasteiger partial charge in [-0.05, 0) is 65.1 Å². The highest BCUT2D eigenvalue weighted by Crippen LogP contribution is 2.23. The summed E-state index contributed by atoms with van der Waals surface area (Å²) >= 11 is 5.51. The Balaban J connectivity index is 2.33. The molecule has 2 aromatic rings. The van der Waals surface area contributed by atoms with Crippen molar-refractivity contribution in [3.63, 3.8) is 0 Å². The molecule has 5 heteroatoms. The minimum Gasteiger partial charge on any atom is -0.508 e. The van der Waals surface area contributed by atoms with Crippen LogP contribution in [0.15, 0.2) is 46.9 Å². The first kappa shape index (κ1) is 14.3. The minimum atomic E-state index is -0.0867. The topological polar surface area (TPSA) is 40.5 Å². The van der Waals surface area contributed by atoms with Gasteiger partial charge in [0.25, 0.3) is 5.91 Å². The fourth-order valence-electron chi connectivity index (χ4n) is 1.64. The molecule has 0 aliphatic rings. The van der Waals surface area contributed by atoms with Crippen LogP contribution < -0.4 is 4.90 Å². The van der Waals surface area contributed by atoms with Crippen LogP contribution in [0.1, 0.15) is 10.4 Å². The molecule has 0 atom stereocenters. The molecule has 0 aliphatic carbocycles. The fourth-order valence-corrected chi connectivity index (χ4v) is 2.56. The van der Waals surface area contributed by atoms with Crippen LogP contribution >= 0.6 is 38.5 Å². The standard InChI is InChI=1S/C14H11BrINO2/c1-17(10-3-5-11(18)6-4-10)14(19)12-8-9(15)2-7-13(12)16/h2-8,18H,1H3. The molecule has 1 N–H and O–H groups in total. The normalized spacial score (nSPS) is 10.3. The number of halogens is 2. The second-order valence-electron chi connectivity index (χ2n) is 4.00. The first-order chi connectivity index (χ1) is 8.99. The molecule has 0 saturated heterocycles. The molecular formula is C14H11BrINO2. The van der Waals surface area contributed by atoms with E-state index in [1.165, 1.54) is 0 Å². The molecule has 0 unspecified atom stereocenters. The molecule has 2 aromatic carbocycles. The first-order valence-corrected chi connectivity index (χ1v) is 7.38. The Kier molecular flexibility index (Phi) is 4.46. The van der Waals surface area contributed by atoms with Crippen LogP contribution in [0.5, 0.6) is 5.75 Å². The van der Waals surface area contributed by atoms with Crippen molar-refractivity contribution in [1.82, 2.24) is 0 Å². The molecule has 1 amide bonds. The summed E-state index contributed by atoms with van der Waals surface area (Å²) in [6, 6.07) is 12.1. The molecule has 0 heterocycles. The zero-order valence-electron chi connectivity index (χ0n) is 10.1. The molecule has 98 valence electrons. The smallest absolute Gasteiger partial charge is 0.259 e. The van der Waals surface area contributed by atoms with E-state index in [1.54, 1.807) is 42.3 Å². The Bertz CT molecular complexity index is 613. The summed E-state index contributed by atoms with van der Waals surface area (Å²) in [6.07, 6.45) is 0. The Morgan fingerprint density at radius 3 is 2.47 bits per heavy atom. The van der Waals surface area contributed by atoms with Gasteiger partial charge in [-0.3, -0.25) is 4.79 Å². The number of carbonyl (C=O) groups excluding carboxylic acids is 1. The van der Waals surface area contributed by atoms with Gasteiger partial charge in [0.05, 0.1) is 5.56 Å². The summed E-state index contributed by atoms with van der Waals surface area (Å²) < 4.78 is 1.77. The van der Waals surface area contributed by atoms with Crippen molar-refractivity contribution < 1.29 is 9.90 Å². The van der Waals surface area contributed by atoms with Crippen LogP contribution in [0.3, 0.4) is 0 Å². The maximum atomic E-state index is 12.4. The van der Waals surface area contributed by atoms with E-state index < -0.39 is 0 Å². The third kappa shape index (κ3) is 3.27. The third-order valence-corrected chi connectivity index (χ3v) is 4.13. The summed E-state index contributed by atoms with van der Waals surface area (Å²) in [5.41, 5.74) is 1.38. The predicted octanol–water partition coefficient (Wildman–Crippen LogP) is 4.04. The number of phenolic OH excluding ortho intramolecular Hbond substituents is 1. The maximum absolute atomic E-state index is 12.4. The van der Waals surface area contributed by atoms with Crippen LogP contribution in [0.25, 0.3) is 0 Å². The van der Waals surface area contributed by atoms with E-state index in [1.807, 2.05) is 12.1 Å². The molecule has 0 fully saturated rings. The first-order valence-electron chi connectivity index (χ1n) is 5.51. The van der Waals surface area contributed by atoms with Crippen molar-refractivity contribution >= 4 is 50.1 Å². The number of hydrogen-bond acceptors (Lipinski definition) is 2. The van der Waals surface area contributed by atoms with Crippen molar-refractivity contribution in [3.05, 3.63) is 56.1 Å². The largest absolute Gasteiger partial charge is 0.508 e. The number of rotatable bonds is 2. The molecule has 0 bridgehead atoms. The van der Waals surface area contributed by atoms with E-state index in [0.29, 0.717) is 5.56 Å². The number of hydrogen-bond donors (Lipinski definition) is 1. The average Bonchev–Trinajstić information content (AvgIpc) is 2.41. The summed E-state index contributed by atoms with van der Waals surface area (Å²) in [7, 11) is 1.71. The van der Waals surface area contributed by atoms with Gasteiger partial charge < -0.3 is 10.0 Å². The average molecular weight is 432 g/mol. The lowest BCUT2D eigenvalue weighted by molar-refractivity contribution is 0.0992. The maximum Gasteiger partial charge on any atom is 0.259 e. The quantitative estimate of drug-likeness (QED) is 0.729. The van der Waals surface area contributed by atoms with Gasteiger partial charge in [0.1, 0.15) is 5.75 Å². The summed E-state index contributed by atoms with van der Waals surface area (Å²) in [4.78, 5) is 14.0. The van der Waals surface area contributed by atoms with E-state index in [-0.39, 0.29) is 11.7 Å². The van der Waals surface area contributed by atoms with Crippen LogP contribution in [-0.4, -0.2) is 18.1 Å². The van der Waals surface area contributed by atoms with E-state index in [2.05, 4.69) is 38.5 Å². The van der Waals surface area contributed by atoms with E-state index in [9.17, 15) is 9.90 Å². The van der Waals surface area contributed by atoms with Crippen LogP contribution in [-0.2, 0) is 0 Å². The monoisotopic (exact) mass is 431 g/mol. The number of amides is 1. The van der Waals surface area contributed by atoms with Gasteiger partial charge in [-0.15, -0.1) is 0 Å². The Hall–Kier alpha value is -1.08. The molecule has 19 heavy (non-hydrogen) atoms. The zero-order valence-corrected chi connectivity index (χ0v) is 13.8. The lowest BCUT2D eigenvalue weighted by Crippen LogP contribution is -2.26.